The maximum atomic E-state index is 5.95. The molecule has 4 nitrogen and oxygen atoms in total. The Hall–Kier alpha value is -1.69. The Bertz CT molecular complexity index is 513. The molecule has 0 saturated heterocycles. The molecule has 0 bridgehead atoms. The van der Waals surface area contributed by atoms with Crippen LogP contribution >= 0.6 is 11.8 Å². The van der Waals surface area contributed by atoms with Gasteiger partial charge >= 0.3 is 0 Å². The van der Waals surface area contributed by atoms with Crippen molar-refractivity contribution in [3.63, 3.8) is 0 Å². The van der Waals surface area contributed by atoms with E-state index in [0.29, 0.717) is 13.2 Å². The van der Waals surface area contributed by atoms with Crippen molar-refractivity contribution in [1.29, 1.82) is 0 Å². The minimum Gasteiger partial charge on any atom is -0.455 e. The zero-order valence-electron chi connectivity index (χ0n) is 14.8. The van der Waals surface area contributed by atoms with Gasteiger partial charge in [-0.2, -0.15) is 0 Å². The molecule has 0 spiro atoms. The van der Waals surface area contributed by atoms with Gasteiger partial charge in [-0.15, -0.1) is 0 Å². The highest BCUT2D eigenvalue weighted by atomic mass is 32.2. The molecule has 0 heterocycles. The Morgan fingerprint density at radius 3 is 1.44 bits per heavy atom. The lowest BCUT2D eigenvalue weighted by molar-refractivity contribution is -0.0388. The molecular formula is C20H26O4S. The van der Waals surface area contributed by atoms with E-state index in [-0.39, 0.29) is 0 Å². The summed E-state index contributed by atoms with van der Waals surface area (Å²) in [4.78, 5) is 0. The minimum absolute atomic E-state index is 0.507. The number of ether oxygens (including phenoxy) is 4. The van der Waals surface area contributed by atoms with Gasteiger partial charge in [0.05, 0.1) is 13.2 Å². The topological polar surface area (TPSA) is 36.9 Å². The van der Waals surface area contributed by atoms with Gasteiger partial charge in [-0.05, 0) is 48.9 Å². The highest BCUT2D eigenvalue weighted by Gasteiger charge is 2.21. The quantitative estimate of drug-likeness (QED) is 0.479. The Labute approximate surface area is 154 Å². The van der Waals surface area contributed by atoms with Gasteiger partial charge in [-0.3, -0.25) is 0 Å². The average Bonchev–Trinajstić information content (AvgIpc) is 2.66. The van der Waals surface area contributed by atoms with Gasteiger partial charge in [-0.25, -0.2) is 0 Å². The van der Waals surface area contributed by atoms with E-state index >= 15 is 0 Å². The summed E-state index contributed by atoms with van der Waals surface area (Å²) >= 11 is 1.37. The van der Waals surface area contributed by atoms with Gasteiger partial charge in [-0.1, -0.05) is 50.2 Å². The first-order valence-corrected chi connectivity index (χ1v) is 9.58. The molecule has 0 aliphatic heterocycles. The molecule has 2 aromatic rings. The van der Waals surface area contributed by atoms with E-state index in [1.54, 1.807) is 0 Å². The SMILES string of the molecule is CCCOC(Oc1ccccc1)SC(OCCC)Oc1ccccc1. The van der Waals surface area contributed by atoms with Crippen LogP contribution < -0.4 is 9.47 Å². The molecule has 2 unspecified atom stereocenters. The molecule has 2 atom stereocenters. The molecule has 0 fully saturated rings. The fraction of sp³-hybridized carbons (Fsp3) is 0.400. The van der Waals surface area contributed by atoms with Crippen molar-refractivity contribution in [2.24, 2.45) is 0 Å². The van der Waals surface area contributed by atoms with Gasteiger partial charge in [0.25, 0.3) is 11.2 Å². The van der Waals surface area contributed by atoms with Crippen LogP contribution in [-0.4, -0.2) is 24.5 Å². The molecule has 2 aromatic carbocycles. The van der Waals surface area contributed by atoms with E-state index in [9.17, 15) is 0 Å². The van der Waals surface area contributed by atoms with Crippen LogP contribution in [0, 0.1) is 0 Å². The first kappa shape index (κ1) is 19.6. The number of benzene rings is 2. The number of para-hydroxylation sites is 2. The smallest absolute Gasteiger partial charge is 0.255 e. The van der Waals surface area contributed by atoms with Crippen LogP contribution in [0.1, 0.15) is 26.7 Å². The number of hydrogen-bond donors (Lipinski definition) is 0. The van der Waals surface area contributed by atoms with E-state index in [0.717, 1.165) is 24.3 Å². The Balaban J connectivity index is 2.01. The van der Waals surface area contributed by atoms with E-state index in [2.05, 4.69) is 13.8 Å². The number of thioether (sulfide) groups is 1. The van der Waals surface area contributed by atoms with Crippen LogP contribution in [0.2, 0.25) is 0 Å². The second-order valence-electron chi connectivity index (χ2n) is 5.32. The van der Waals surface area contributed by atoms with Gasteiger partial charge in [0.2, 0.25) is 0 Å². The van der Waals surface area contributed by atoms with Crippen LogP contribution in [0.15, 0.2) is 60.7 Å². The summed E-state index contributed by atoms with van der Waals surface area (Å²) in [5.41, 5.74) is -1.01. The molecule has 0 N–H and O–H groups in total. The van der Waals surface area contributed by atoms with Crippen molar-refractivity contribution >= 4 is 11.8 Å². The molecule has 0 aromatic heterocycles. The molecule has 0 radical (unpaired) electrons. The Kier molecular flexibility index (Phi) is 9.26. The molecule has 0 aliphatic rings. The predicted octanol–water partition coefficient (Wildman–Crippen LogP) is 5.30. The third kappa shape index (κ3) is 7.82. The fourth-order valence-corrected chi connectivity index (χ4v) is 2.81. The molecule has 25 heavy (non-hydrogen) atoms. The fourth-order valence-electron chi connectivity index (χ4n) is 1.94. The van der Waals surface area contributed by atoms with E-state index in [1.807, 2.05) is 60.7 Å². The number of rotatable bonds is 12. The molecule has 5 heteroatoms. The van der Waals surface area contributed by atoms with E-state index < -0.39 is 11.2 Å². The molecule has 0 aliphatic carbocycles. The van der Waals surface area contributed by atoms with Crippen LogP contribution in [0.4, 0.5) is 0 Å². The highest BCUT2D eigenvalue weighted by molar-refractivity contribution is 7.99. The first-order chi connectivity index (χ1) is 12.3. The average molecular weight is 362 g/mol. The summed E-state index contributed by atoms with van der Waals surface area (Å²) in [6.45, 7) is 5.35. The third-order valence-electron chi connectivity index (χ3n) is 3.09. The minimum atomic E-state index is -0.507. The van der Waals surface area contributed by atoms with Crippen LogP contribution in [0.5, 0.6) is 11.5 Å². The van der Waals surface area contributed by atoms with Crippen molar-refractivity contribution in [1.82, 2.24) is 0 Å². The second-order valence-corrected chi connectivity index (χ2v) is 6.36. The van der Waals surface area contributed by atoms with Crippen LogP contribution in [0.25, 0.3) is 0 Å². The molecule has 2 rings (SSSR count). The summed E-state index contributed by atoms with van der Waals surface area (Å²) in [5.74, 6) is 1.51. The van der Waals surface area contributed by atoms with Gasteiger partial charge in [0, 0.05) is 0 Å². The third-order valence-corrected chi connectivity index (χ3v) is 4.00. The summed E-state index contributed by atoms with van der Waals surface area (Å²) in [5, 5.41) is 0. The summed E-state index contributed by atoms with van der Waals surface area (Å²) < 4.78 is 23.5. The standard InChI is InChI=1S/C20H26O4S/c1-3-15-21-19(23-17-11-7-5-8-12-17)25-20(22-16-4-2)24-18-13-9-6-10-14-18/h5-14,19-20H,3-4,15-16H2,1-2H3. The first-order valence-electron chi connectivity index (χ1n) is 8.64. The normalized spacial score (nSPS) is 13.2. The Morgan fingerprint density at radius 2 is 1.08 bits per heavy atom. The lowest BCUT2D eigenvalue weighted by Crippen LogP contribution is -2.26. The predicted molar refractivity (Wildman–Crippen MR) is 102 cm³/mol. The number of hydrogen-bond acceptors (Lipinski definition) is 5. The van der Waals surface area contributed by atoms with Crippen LogP contribution in [-0.2, 0) is 9.47 Å². The highest BCUT2D eigenvalue weighted by Crippen LogP contribution is 2.26. The van der Waals surface area contributed by atoms with Crippen molar-refractivity contribution < 1.29 is 18.9 Å². The lowest BCUT2D eigenvalue weighted by atomic mass is 10.3. The van der Waals surface area contributed by atoms with Gasteiger partial charge in [0.1, 0.15) is 11.5 Å². The molecular weight excluding hydrogens is 336 g/mol. The van der Waals surface area contributed by atoms with Crippen molar-refractivity contribution in [3.05, 3.63) is 60.7 Å². The molecule has 0 saturated carbocycles. The zero-order chi connectivity index (χ0) is 17.7. The molecule has 0 amide bonds. The summed E-state index contributed by atoms with van der Waals surface area (Å²) in [7, 11) is 0. The lowest BCUT2D eigenvalue weighted by Gasteiger charge is -2.24. The Morgan fingerprint density at radius 1 is 0.680 bits per heavy atom. The van der Waals surface area contributed by atoms with Crippen molar-refractivity contribution in [2.45, 2.75) is 37.9 Å². The van der Waals surface area contributed by atoms with Gasteiger partial charge in [0.15, 0.2) is 0 Å². The van der Waals surface area contributed by atoms with Crippen molar-refractivity contribution in [2.75, 3.05) is 13.2 Å². The van der Waals surface area contributed by atoms with Crippen molar-refractivity contribution in [3.8, 4) is 11.5 Å². The summed E-state index contributed by atoms with van der Waals surface area (Å²) in [6, 6.07) is 19.3. The van der Waals surface area contributed by atoms with Gasteiger partial charge < -0.3 is 18.9 Å². The van der Waals surface area contributed by atoms with E-state index in [1.165, 1.54) is 11.8 Å². The summed E-state index contributed by atoms with van der Waals surface area (Å²) in [6.07, 6.45) is 1.82. The molecule has 136 valence electrons. The zero-order valence-corrected chi connectivity index (χ0v) is 15.6. The maximum absolute atomic E-state index is 5.95. The van der Waals surface area contributed by atoms with Crippen LogP contribution in [0.3, 0.4) is 0 Å². The second kappa shape index (κ2) is 11.8. The monoisotopic (exact) mass is 362 g/mol. The van der Waals surface area contributed by atoms with E-state index in [4.69, 9.17) is 18.9 Å². The maximum Gasteiger partial charge on any atom is 0.255 e. The largest absolute Gasteiger partial charge is 0.455 e.